The van der Waals surface area contributed by atoms with E-state index in [1.165, 1.54) is 12.3 Å². The molecule has 8 nitrogen and oxygen atoms in total. The number of aromatic nitrogens is 2. The zero-order valence-corrected chi connectivity index (χ0v) is 17.6. The minimum Gasteiger partial charge on any atom is -0.381 e. The van der Waals surface area contributed by atoms with Crippen molar-refractivity contribution in [2.75, 3.05) is 18.5 Å². The molecule has 2 amide bonds. The van der Waals surface area contributed by atoms with E-state index in [0.717, 1.165) is 63.9 Å². The summed E-state index contributed by atoms with van der Waals surface area (Å²) in [5, 5.41) is 15.4. The number of aromatic amines is 1. The van der Waals surface area contributed by atoms with Crippen molar-refractivity contribution in [3.63, 3.8) is 0 Å². The van der Waals surface area contributed by atoms with E-state index in [1.54, 1.807) is 0 Å². The summed E-state index contributed by atoms with van der Waals surface area (Å²) in [7, 11) is 0. The van der Waals surface area contributed by atoms with Crippen LogP contribution in [0, 0.1) is 11.6 Å². The Balaban J connectivity index is 1.30. The molecular weight excluding hydrogens is 420 g/mol. The molecule has 4 rings (SSSR count). The molecule has 1 aliphatic heterocycles. The van der Waals surface area contributed by atoms with Gasteiger partial charge in [-0.15, -0.1) is 0 Å². The SMILES string of the molecule is O=C(NC1CCC(NC2CCOCC2)CC1)c1n[nH]cc1NC(=O)c1c(F)cccc1F. The van der Waals surface area contributed by atoms with Gasteiger partial charge in [0.1, 0.15) is 17.2 Å². The molecule has 2 heterocycles. The molecule has 0 atom stereocenters. The van der Waals surface area contributed by atoms with E-state index in [-0.39, 0.29) is 17.4 Å². The summed E-state index contributed by atoms with van der Waals surface area (Å²) in [6, 6.07) is 4.09. The number of H-pyrrole nitrogens is 1. The van der Waals surface area contributed by atoms with Gasteiger partial charge in [0.05, 0.1) is 5.69 Å². The van der Waals surface area contributed by atoms with Crippen LogP contribution in [0.1, 0.15) is 59.4 Å². The van der Waals surface area contributed by atoms with E-state index in [2.05, 4.69) is 26.1 Å². The maximum Gasteiger partial charge on any atom is 0.274 e. The number of hydrogen-bond donors (Lipinski definition) is 4. The van der Waals surface area contributed by atoms with Gasteiger partial charge in [-0.3, -0.25) is 14.7 Å². The highest BCUT2D eigenvalue weighted by atomic mass is 19.1. The highest BCUT2D eigenvalue weighted by Crippen LogP contribution is 2.22. The Morgan fingerprint density at radius 1 is 0.938 bits per heavy atom. The molecule has 2 aromatic rings. The number of benzene rings is 1. The molecule has 4 N–H and O–H groups in total. The third kappa shape index (κ3) is 5.31. The Morgan fingerprint density at radius 2 is 1.56 bits per heavy atom. The second-order valence-electron chi connectivity index (χ2n) is 8.27. The smallest absolute Gasteiger partial charge is 0.274 e. The van der Waals surface area contributed by atoms with Crippen molar-refractivity contribution < 1.29 is 23.1 Å². The summed E-state index contributed by atoms with van der Waals surface area (Å²) in [5.74, 6) is -3.40. The second-order valence-corrected chi connectivity index (χ2v) is 8.27. The van der Waals surface area contributed by atoms with Crippen LogP contribution in [0.5, 0.6) is 0 Å². The molecule has 0 bridgehead atoms. The summed E-state index contributed by atoms with van der Waals surface area (Å²) in [6.07, 6.45) is 6.94. The van der Waals surface area contributed by atoms with Gasteiger partial charge in [0, 0.05) is 37.5 Å². The summed E-state index contributed by atoms with van der Waals surface area (Å²) >= 11 is 0. The number of anilines is 1. The highest BCUT2D eigenvalue weighted by Gasteiger charge is 2.27. The monoisotopic (exact) mass is 447 g/mol. The van der Waals surface area contributed by atoms with Crippen LogP contribution >= 0.6 is 0 Å². The van der Waals surface area contributed by atoms with E-state index < -0.39 is 29.0 Å². The third-order valence-electron chi connectivity index (χ3n) is 6.05. The first kappa shape index (κ1) is 22.3. The predicted octanol–water partition coefficient (Wildman–Crippen LogP) is 2.75. The maximum atomic E-state index is 13.9. The number of nitrogens with one attached hydrogen (secondary N) is 4. The van der Waals surface area contributed by atoms with Crippen molar-refractivity contribution in [2.24, 2.45) is 0 Å². The average Bonchev–Trinajstić information content (AvgIpc) is 3.24. The summed E-state index contributed by atoms with van der Waals surface area (Å²) < 4.78 is 33.1. The molecule has 172 valence electrons. The molecular formula is C22H27F2N5O3. The van der Waals surface area contributed by atoms with Crippen LogP contribution in [0.4, 0.5) is 14.5 Å². The fraction of sp³-hybridized carbons (Fsp3) is 0.500. The molecule has 0 radical (unpaired) electrons. The number of nitrogens with zero attached hydrogens (tertiary/aromatic N) is 1. The van der Waals surface area contributed by atoms with Gasteiger partial charge in [-0.2, -0.15) is 5.10 Å². The number of carbonyl (C=O) groups excluding carboxylic acids is 2. The van der Waals surface area contributed by atoms with Crippen molar-refractivity contribution in [1.82, 2.24) is 20.8 Å². The number of hydrogen-bond acceptors (Lipinski definition) is 5. The molecule has 0 spiro atoms. The van der Waals surface area contributed by atoms with Crippen molar-refractivity contribution in [3.8, 4) is 0 Å². The van der Waals surface area contributed by atoms with Gasteiger partial charge in [0.15, 0.2) is 5.69 Å². The summed E-state index contributed by atoms with van der Waals surface area (Å²) in [4.78, 5) is 25.1. The highest BCUT2D eigenvalue weighted by molar-refractivity contribution is 6.08. The van der Waals surface area contributed by atoms with Crippen molar-refractivity contribution in [3.05, 3.63) is 47.3 Å². The number of rotatable bonds is 6. The standard InChI is InChI=1S/C22H27F2N5O3/c23-16-2-1-3-17(24)19(16)21(30)28-18-12-25-29-20(18)22(31)27-14-6-4-13(5-7-14)26-15-8-10-32-11-9-15/h1-3,12-15,26H,4-11H2,(H,25,29)(H,27,31)(H,28,30). The van der Waals surface area contributed by atoms with Crippen LogP contribution < -0.4 is 16.0 Å². The average molecular weight is 447 g/mol. The van der Waals surface area contributed by atoms with E-state index in [4.69, 9.17) is 4.74 Å². The lowest BCUT2D eigenvalue weighted by Gasteiger charge is -2.33. The molecule has 1 aromatic heterocycles. The molecule has 1 aliphatic carbocycles. The number of halogens is 2. The largest absolute Gasteiger partial charge is 0.381 e. The van der Waals surface area contributed by atoms with Crippen LogP contribution in [0.2, 0.25) is 0 Å². The molecule has 0 unspecified atom stereocenters. The number of ether oxygens (including phenoxy) is 1. The minimum absolute atomic E-state index is 0.000460. The van der Waals surface area contributed by atoms with Gasteiger partial charge in [0.25, 0.3) is 11.8 Å². The summed E-state index contributed by atoms with van der Waals surface area (Å²) in [6.45, 7) is 1.60. The summed E-state index contributed by atoms with van der Waals surface area (Å²) in [5.41, 5.74) is -0.682. The lowest BCUT2D eigenvalue weighted by Crippen LogP contribution is -2.46. The van der Waals surface area contributed by atoms with Crippen LogP contribution in [0.15, 0.2) is 24.4 Å². The van der Waals surface area contributed by atoms with Crippen LogP contribution in [-0.2, 0) is 4.74 Å². The Hall–Kier alpha value is -2.85. The Labute approximate surface area is 184 Å². The molecule has 32 heavy (non-hydrogen) atoms. The number of carbonyl (C=O) groups is 2. The normalized spacial score (nSPS) is 21.8. The van der Waals surface area contributed by atoms with Crippen molar-refractivity contribution >= 4 is 17.5 Å². The first-order valence-corrected chi connectivity index (χ1v) is 10.9. The molecule has 10 heteroatoms. The fourth-order valence-corrected chi connectivity index (χ4v) is 4.31. The molecule has 1 aromatic carbocycles. The van der Waals surface area contributed by atoms with Gasteiger partial charge < -0.3 is 20.7 Å². The predicted molar refractivity (Wildman–Crippen MR) is 113 cm³/mol. The van der Waals surface area contributed by atoms with Gasteiger partial charge in [-0.1, -0.05) is 6.07 Å². The van der Waals surface area contributed by atoms with Gasteiger partial charge in [-0.05, 0) is 50.7 Å². The Morgan fingerprint density at radius 3 is 2.25 bits per heavy atom. The quantitative estimate of drug-likeness (QED) is 0.545. The van der Waals surface area contributed by atoms with Crippen LogP contribution in [0.25, 0.3) is 0 Å². The molecule has 2 aliphatic rings. The fourth-order valence-electron chi connectivity index (χ4n) is 4.31. The first-order chi connectivity index (χ1) is 15.5. The number of amides is 2. The molecule has 1 saturated heterocycles. The second kappa shape index (κ2) is 10.2. The molecule has 2 fully saturated rings. The zero-order chi connectivity index (χ0) is 22.5. The van der Waals surface area contributed by atoms with Crippen LogP contribution in [-0.4, -0.2) is 53.4 Å². The van der Waals surface area contributed by atoms with Gasteiger partial charge in [-0.25, -0.2) is 8.78 Å². The van der Waals surface area contributed by atoms with Crippen molar-refractivity contribution in [2.45, 2.75) is 56.7 Å². The Bertz CT molecular complexity index is 933. The third-order valence-corrected chi connectivity index (χ3v) is 6.05. The van der Waals surface area contributed by atoms with Crippen molar-refractivity contribution in [1.29, 1.82) is 0 Å². The minimum atomic E-state index is -0.990. The van der Waals surface area contributed by atoms with E-state index in [0.29, 0.717) is 12.1 Å². The lowest BCUT2D eigenvalue weighted by molar-refractivity contribution is 0.0721. The van der Waals surface area contributed by atoms with E-state index >= 15 is 0 Å². The van der Waals surface area contributed by atoms with Gasteiger partial charge in [0.2, 0.25) is 0 Å². The zero-order valence-electron chi connectivity index (χ0n) is 17.6. The van der Waals surface area contributed by atoms with E-state index in [9.17, 15) is 18.4 Å². The molecule has 1 saturated carbocycles. The Kier molecular flexibility index (Phi) is 7.11. The first-order valence-electron chi connectivity index (χ1n) is 10.9. The van der Waals surface area contributed by atoms with Crippen LogP contribution in [0.3, 0.4) is 0 Å². The van der Waals surface area contributed by atoms with Gasteiger partial charge >= 0.3 is 0 Å². The lowest BCUT2D eigenvalue weighted by atomic mass is 9.90. The maximum absolute atomic E-state index is 13.9. The topological polar surface area (TPSA) is 108 Å². The van der Waals surface area contributed by atoms with E-state index in [1.807, 2.05) is 0 Å².